The molecule has 23 heavy (non-hydrogen) atoms. The molecule has 0 bridgehead atoms. The quantitative estimate of drug-likeness (QED) is 0.536. The van der Waals surface area contributed by atoms with Crippen molar-refractivity contribution in [3.05, 3.63) is 58.1 Å². The number of methoxy groups -OCH3 is 1. The van der Waals surface area contributed by atoms with Crippen LogP contribution < -0.4 is 4.74 Å². The molecule has 1 fully saturated rings. The molecule has 1 saturated carbocycles. The van der Waals surface area contributed by atoms with E-state index in [1.54, 1.807) is 12.7 Å². The van der Waals surface area contributed by atoms with Crippen LogP contribution in [0.2, 0.25) is 0 Å². The highest BCUT2D eigenvalue weighted by Gasteiger charge is 2.12. The van der Waals surface area contributed by atoms with Crippen molar-refractivity contribution in [2.45, 2.75) is 38.5 Å². The summed E-state index contributed by atoms with van der Waals surface area (Å²) in [4.78, 5) is 0. The monoisotopic (exact) mass is 370 g/mol. The molecule has 3 rings (SSSR count). The van der Waals surface area contributed by atoms with Crippen LogP contribution in [0.3, 0.4) is 0 Å². The Labute approximate surface area is 147 Å². The first kappa shape index (κ1) is 16.3. The Morgan fingerprint density at radius 1 is 0.913 bits per heavy atom. The van der Waals surface area contributed by atoms with Crippen molar-refractivity contribution in [3.63, 3.8) is 0 Å². The molecular formula is C21H23BrO. The summed E-state index contributed by atoms with van der Waals surface area (Å²) >= 11 is 3.52. The number of rotatable bonds is 3. The Morgan fingerprint density at radius 3 is 2.26 bits per heavy atom. The lowest BCUT2D eigenvalue weighted by molar-refractivity contribution is 0.416. The molecule has 0 radical (unpaired) electrons. The van der Waals surface area contributed by atoms with E-state index in [1.165, 1.54) is 55.2 Å². The molecule has 1 aliphatic carbocycles. The number of benzene rings is 2. The maximum absolute atomic E-state index is 5.64. The summed E-state index contributed by atoms with van der Waals surface area (Å²) in [5, 5.41) is 0. The lowest BCUT2D eigenvalue weighted by Crippen LogP contribution is -1.92. The van der Waals surface area contributed by atoms with E-state index < -0.39 is 0 Å². The van der Waals surface area contributed by atoms with Gasteiger partial charge in [0.2, 0.25) is 0 Å². The standard InChI is InChI=1S/C21H23BrO/c1-23-20-10-6-9-18(15-16-7-4-2-3-5-8-16)21(20)17-11-13-19(22)14-12-17/h6,9-15H,2-5,7-8H2,1H3. The SMILES string of the molecule is COc1cccc(C=C2CCCCCC2)c1-c1ccc(Br)cc1. The molecular weight excluding hydrogens is 348 g/mol. The second-order valence-electron chi connectivity index (χ2n) is 6.15. The summed E-state index contributed by atoms with van der Waals surface area (Å²) in [5.41, 5.74) is 5.24. The van der Waals surface area contributed by atoms with Gasteiger partial charge in [-0.3, -0.25) is 0 Å². The van der Waals surface area contributed by atoms with Gasteiger partial charge in [-0.15, -0.1) is 0 Å². The number of hydrogen-bond donors (Lipinski definition) is 0. The summed E-state index contributed by atoms with van der Waals surface area (Å²) < 4.78 is 6.74. The lowest BCUT2D eigenvalue weighted by atomic mass is 9.95. The summed E-state index contributed by atoms with van der Waals surface area (Å²) in [6, 6.07) is 14.8. The van der Waals surface area contributed by atoms with E-state index in [1.807, 2.05) is 6.07 Å². The second-order valence-corrected chi connectivity index (χ2v) is 7.06. The van der Waals surface area contributed by atoms with Gasteiger partial charge in [-0.05, 0) is 55.0 Å². The number of hydrogen-bond acceptors (Lipinski definition) is 1. The summed E-state index contributed by atoms with van der Waals surface area (Å²) in [5.74, 6) is 0.940. The van der Waals surface area contributed by atoms with Crippen LogP contribution in [0.4, 0.5) is 0 Å². The molecule has 2 aromatic rings. The van der Waals surface area contributed by atoms with Crippen molar-refractivity contribution in [3.8, 4) is 16.9 Å². The summed E-state index contributed by atoms with van der Waals surface area (Å²) in [6.45, 7) is 0. The number of allylic oxidation sites excluding steroid dienone is 1. The first-order valence-electron chi connectivity index (χ1n) is 8.40. The van der Waals surface area contributed by atoms with Crippen molar-refractivity contribution >= 4 is 22.0 Å². The first-order chi connectivity index (χ1) is 11.3. The molecule has 0 N–H and O–H groups in total. The van der Waals surface area contributed by atoms with Gasteiger partial charge in [-0.1, -0.05) is 64.7 Å². The van der Waals surface area contributed by atoms with E-state index in [0.717, 1.165) is 10.2 Å². The molecule has 1 aliphatic rings. The van der Waals surface area contributed by atoms with Gasteiger partial charge in [0.15, 0.2) is 0 Å². The minimum atomic E-state index is 0.940. The normalized spacial score (nSPS) is 15.1. The molecule has 2 aromatic carbocycles. The second kappa shape index (κ2) is 7.83. The lowest BCUT2D eigenvalue weighted by Gasteiger charge is -2.14. The van der Waals surface area contributed by atoms with Gasteiger partial charge in [0.1, 0.15) is 5.75 Å². The predicted octanol–water partition coefficient (Wildman–Crippen LogP) is 6.86. The van der Waals surface area contributed by atoms with E-state index in [0.29, 0.717) is 0 Å². The molecule has 2 heteroatoms. The molecule has 0 unspecified atom stereocenters. The van der Waals surface area contributed by atoms with E-state index >= 15 is 0 Å². The highest BCUT2D eigenvalue weighted by atomic mass is 79.9. The zero-order chi connectivity index (χ0) is 16.1. The molecule has 120 valence electrons. The van der Waals surface area contributed by atoms with Crippen molar-refractivity contribution in [2.75, 3.05) is 7.11 Å². The zero-order valence-electron chi connectivity index (χ0n) is 13.6. The Hall–Kier alpha value is -1.54. The van der Waals surface area contributed by atoms with Crippen molar-refractivity contribution in [1.82, 2.24) is 0 Å². The molecule has 0 saturated heterocycles. The van der Waals surface area contributed by atoms with Crippen molar-refractivity contribution in [2.24, 2.45) is 0 Å². The van der Waals surface area contributed by atoms with Gasteiger partial charge in [0, 0.05) is 10.0 Å². The Bertz CT molecular complexity index is 675. The highest BCUT2D eigenvalue weighted by molar-refractivity contribution is 9.10. The maximum Gasteiger partial charge on any atom is 0.127 e. The van der Waals surface area contributed by atoms with Gasteiger partial charge in [0.25, 0.3) is 0 Å². The van der Waals surface area contributed by atoms with Crippen LogP contribution in [-0.4, -0.2) is 7.11 Å². The van der Waals surface area contributed by atoms with E-state index in [4.69, 9.17) is 4.74 Å². The fourth-order valence-corrected chi connectivity index (χ4v) is 3.58. The minimum Gasteiger partial charge on any atom is -0.496 e. The van der Waals surface area contributed by atoms with Gasteiger partial charge < -0.3 is 4.74 Å². The van der Waals surface area contributed by atoms with E-state index in [-0.39, 0.29) is 0 Å². The van der Waals surface area contributed by atoms with Crippen LogP contribution in [0.1, 0.15) is 44.1 Å². The van der Waals surface area contributed by atoms with E-state index in [2.05, 4.69) is 58.4 Å². The topological polar surface area (TPSA) is 9.23 Å². The smallest absolute Gasteiger partial charge is 0.127 e. The average Bonchev–Trinajstić information content (AvgIpc) is 2.84. The van der Waals surface area contributed by atoms with Crippen LogP contribution in [0, 0.1) is 0 Å². The van der Waals surface area contributed by atoms with Crippen molar-refractivity contribution < 1.29 is 4.74 Å². The Kier molecular flexibility index (Phi) is 5.56. The summed E-state index contributed by atoms with van der Waals surface area (Å²) in [7, 11) is 1.75. The molecule has 0 amide bonds. The fraction of sp³-hybridized carbons (Fsp3) is 0.333. The van der Waals surface area contributed by atoms with E-state index in [9.17, 15) is 0 Å². The zero-order valence-corrected chi connectivity index (χ0v) is 15.2. The third kappa shape index (κ3) is 4.06. The molecule has 0 aliphatic heterocycles. The third-order valence-corrected chi connectivity index (χ3v) is 5.05. The molecule has 0 aromatic heterocycles. The van der Waals surface area contributed by atoms with Crippen molar-refractivity contribution in [1.29, 1.82) is 0 Å². The first-order valence-corrected chi connectivity index (χ1v) is 9.19. The van der Waals surface area contributed by atoms with Gasteiger partial charge in [-0.25, -0.2) is 0 Å². The van der Waals surface area contributed by atoms with Crippen LogP contribution in [0.5, 0.6) is 5.75 Å². The molecule has 1 nitrogen and oxygen atoms in total. The van der Waals surface area contributed by atoms with Crippen LogP contribution in [-0.2, 0) is 0 Å². The van der Waals surface area contributed by atoms with Gasteiger partial charge >= 0.3 is 0 Å². The molecule has 0 spiro atoms. The van der Waals surface area contributed by atoms with Crippen LogP contribution in [0.15, 0.2) is 52.5 Å². The largest absolute Gasteiger partial charge is 0.496 e. The number of ether oxygens (including phenoxy) is 1. The van der Waals surface area contributed by atoms with Crippen LogP contribution in [0.25, 0.3) is 17.2 Å². The molecule has 0 heterocycles. The average molecular weight is 371 g/mol. The van der Waals surface area contributed by atoms with Gasteiger partial charge in [0.05, 0.1) is 7.11 Å². The minimum absolute atomic E-state index is 0.940. The maximum atomic E-state index is 5.64. The van der Waals surface area contributed by atoms with Crippen LogP contribution >= 0.6 is 15.9 Å². The Balaban J connectivity index is 2.06. The summed E-state index contributed by atoms with van der Waals surface area (Å²) in [6.07, 6.45) is 10.2. The number of halogens is 1. The van der Waals surface area contributed by atoms with Gasteiger partial charge in [-0.2, -0.15) is 0 Å². The Morgan fingerprint density at radius 2 is 1.61 bits per heavy atom. The fourth-order valence-electron chi connectivity index (χ4n) is 3.31. The predicted molar refractivity (Wildman–Crippen MR) is 102 cm³/mol. The highest BCUT2D eigenvalue weighted by Crippen LogP contribution is 2.36. The third-order valence-electron chi connectivity index (χ3n) is 4.52. The molecule has 0 atom stereocenters.